The maximum absolute atomic E-state index is 11.7. The van der Waals surface area contributed by atoms with Crippen molar-refractivity contribution in [3.63, 3.8) is 0 Å². The van der Waals surface area contributed by atoms with Crippen molar-refractivity contribution in [2.75, 3.05) is 13.1 Å². The molecule has 1 fully saturated rings. The van der Waals surface area contributed by atoms with Crippen LogP contribution in [0.5, 0.6) is 0 Å². The third-order valence-electron chi connectivity index (χ3n) is 5.83. The van der Waals surface area contributed by atoms with Crippen LogP contribution in [0.25, 0.3) is 0 Å². The summed E-state index contributed by atoms with van der Waals surface area (Å²) in [6, 6.07) is 20.2. The Labute approximate surface area is 158 Å². The van der Waals surface area contributed by atoms with Gasteiger partial charge in [0.15, 0.2) is 5.76 Å². The van der Waals surface area contributed by atoms with Gasteiger partial charge in [0.05, 0.1) is 6.26 Å². The minimum Gasteiger partial charge on any atom is -0.463 e. The van der Waals surface area contributed by atoms with E-state index in [1.807, 2.05) is 18.2 Å². The van der Waals surface area contributed by atoms with Gasteiger partial charge in [-0.05, 0) is 61.2 Å². The predicted molar refractivity (Wildman–Crippen MR) is 102 cm³/mol. The van der Waals surface area contributed by atoms with Gasteiger partial charge in [-0.15, -0.1) is 0 Å². The summed E-state index contributed by atoms with van der Waals surface area (Å²) in [7, 11) is 0. The summed E-state index contributed by atoms with van der Waals surface area (Å²) in [6.45, 7) is 1.74. The van der Waals surface area contributed by atoms with Crippen molar-refractivity contribution >= 4 is 0 Å². The van der Waals surface area contributed by atoms with E-state index >= 15 is 0 Å². The highest BCUT2D eigenvalue weighted by Gasteiger charge is 2.56. The topological polar surface area (TPSA) is 54.6 Å². The van der Waals surface area contributed by atoms with E-state index in [0.29, 0.717) is 5.76 Å². The summed E-state index contributed by atoms with van der Waals surface area (Å²) in [4.78, 5) is 0. The zero-order chi connectivity index (χ0) is 18.3. The van der Waals surface area contributed by atoms with Gasteiger partial charge in [0, 0.05) is 5.56 Å². The number of rotatable bonds is 3. The highest BCUT2D eigenvalue weighted by molar-refractivity contribution is 5.50. The van der Waals surface area contributed by atoms with Crippen molar-refractivity contribution in [1.29, 1.82) is 0 Å². The number of aliphatic hydroxyl groups is 1. The number of furan rings is 1. The molecule has 4 heteroatoms. The summed E-state index contributed by atoms with van der Waals surface area (Å²) >= 11 is 0. The second-order valence-corrected chi connectivity index (χ2v) is 7.47. The first kappa shape index (κ1) is 16.8. The molecule has 2 aromatic carbocycles. The Morgan fingerprint density at radius 1 is 0.926 bits per heavy atom. The fraction of sp³-hybridized carbons (Fsp3) is 0.304. The zero-order valence-electron chi connectivity index (χ0n) is 15.2. The normalized spacial score (nSPS) is 23.4. The number of ether oxygens (including phenoxy) is 1. The van der Waals surface area contributed by atoms with Crippen molar-refractivity contribution in [1.82, 2.24) is 5.32 Å². The first-order valence-electron chi connectivity index (χ1n) is 9.55. The quantitative estimate of drug-likeness (QED) is 0.747. The van der Waals surface area contributed by atoms with E-state index in [-0.39, 0.29) is 0 Å². The molecule has 2 aliphatic heterocycles. The fourth-order valence-corrected chi connectivity index (χ4v) is 4.58. The van der Waals surface area contributed by atoms with Crippen LogP contribution in [-0.2, 0) is 22.5 Å². The van der Waals surface area contributed by atoms with Gasteiger partial charge in [0.25, 0.3) is 5.79 Å². The highest BCUT2D eigenvalue weighted by Crippen LogP contribution is 2.54. The molecule has 1 unspecified atom stereocenters. The molecule has 4 nitrogen and oxygen atoms in total. The largest absolute Gasteiger partial charge is 0.463 e. The Balaban J connectivity index is 1.68. The Bertz CT molecular complexity index is 930. The second-order valence-electron chi connectivity index (χ2n) is 7.47. The number of piperidine rings is 1. The van der Waals surface area contributed by atoms with Crippen LogP contribution in [0.3, 0.4) is 0 Å². The molecule has 1 atom stereocenters. The molecule has 1 spiro atoms. The van der Waals surface area contributed by atoms with Crippen molar-refractivity contribution in [3.8, 4) is 0 Å². The molecule has 2 N–H and O–H groups in total. The molecule has 1 saturated heterocycles. The van der Waals surface area contributed by atoms with Crippen LogP contribution in [0.15, 0.2) is 71.3 Å². The number of fused-ring (bicyclic) bond motifs is 2. The third kappa shape index (κ3) is 2.64. The van der Waals surface area contributed by atoms with E-state index in [9.17, 15) is 5.11 Å². The lowest BCUT2D eigenvalue weighted by Crippen LogP contribution is -2.42. The SMILES string of the molecule is OC1(c2ccco2)OC2(CCNCC2)c2cccc(Cc3ccccc3)c21. The number of hydrogen-bond donors (Lipinski definition) is 2. The van der Waals surface area contributed by atoms with Gasteiger partial charge in [-0.25, -0.2) is 0 Å². The monoisotopic (exact) mass is 361 g/mol. The van der Waals surface area contributed by atoms with Crippen molar-refractivity contribution in [2.24, 2.45) is 0 Å². The Kier molecular flexibility index (Phi) is 3.93. The lowest BCUT2D eigenvalue weighted by atomic mass is 9.81. The van der Waals surface area contributed by atoms with E-state index in [4.69, 9.17) is 9.15 Å². The van der Waals surface area contributed by atoms with E-state index in [1.54, 1.807) is 18.4 Å². The van der Waals surface area contributed by atoms with E-state index < -0.39 is 11.4 Å². The molecule has 0 bridgehead atoms. The molecule has 0 aliphatic carbocycles. The molecular weight excluding hydrogens is 338 g/mol. The summed E-state index contributed by atoms with van der Waals surface area (Å²) in [5.41, 5.74) is 3.75. The fourth-order valence-electron chi connectivity index (χ4n) is 4.58. The van der Waals surface area contributed by atoms with Gasteiger partial charge in [-0.1, -0.05) is 48.5 Å². The number of benzene rings is 2. The molecular formula is C23H23NO3. The van der Waals surface area contributed by atoms with Crippen LogP contribution >= 0.6 is 0 Å². The first-order chi connectivity index (χ1) is 13.2. The Hall–Kier alpha value is -2.40. The Morgan fingerprint density at radius 2 is 1.74 bits per heavy atom. The van der Waals surface area contributed by atoms with Gasteiger partial charge in [0.2, 0.25) is 0 Å². The molecule has 3 aromatic rings. The van der Waals surface area contributed by atoms with Crippen LogP contribution in [-0.4, -0.2) is 18.2 Å². The van der Waals surface area contributed by atoms with Gasteiger partial charge in [0.1, 0.15) is 5.60 Å². The number of hydrogen-bond acceptors (Lipinski definition) is 4. The van der Waals surface area contributed by atoms with Crippen LogP contribution < -0.4 is 5.32 Å². The summed E-state index contributed by atoms with van der Waals surface area (Å²) < 4.78 is 12.1. The van der Waals surface area contributed by atoms with Gasteiger partial charge in [-0.2, -0.15) is 0 Å². The molecule has 1 aromatic heterocycles. The average Bonchev–Trinajstić information content (AvgIpc) is 3.32. The maximum atomic E-state index is 11.7. The zero-order valence-corrected chi connectivity index (χ0v) is 15.2. The smallest absolute Gasteiger partial charge is 0.254 e. The van der Waals surface area contributed by atoms with E-state index in [2.05, 4.69) is 35.6 Å². The minimum absolute atomic E-state index is 0.444. The van der Waals surface area contributed by atoms with Crippen LogP contribution in [0, 0.1) is 0 Å². The predicted octanol–water partition coefficient (Wildman–Crippen LogP) is 3.67. The van der Waals surface area contributed by atoms with Crippen molar-refractivity contribution in [2.45, 2.75) is 30.7 Å². The maximum Gasteiger partial charge on any atom is 0.254 e. The molecule has 0 amide bonds. The molecule has 5 rings (SSSR count). The summed E-state index contributed by atoms with van der Waals surface area (Å²) in [5, 5.41) is 15.1. The summed E-state index contributed by atoms with van der Waals surface area (Å²) in [6.07, 6.45) is 3.99. The average molecular weight is 361 g/mol. The van der Waals surface area contributed by atoms with Crippen LogP contribution in [0.2, 0.25) is 0 Å². The third-order valence-corrected chi connectivity index (χ3v) is 5.83. The molecule has 3 heterocycles. The lowest BCUT2D eigenvalue weighted by Gasteiger charge is -2.35. The Morgan fingerprint density at radius 3 is 2.48 bits per heavy atom. The summed E-state index contributed by atoms with van der Waals surface area (Å²) in [5.74, 6) is -1.11. The van der Waals surface area contributed by atoms with Crippen LogP contribution in [0.4, 0.5) is 0 Å². The van der Waals surface area contributed by atoms with Gasteiger partial charge in [-0.3, -0.25) is 0 Å². The molecule has 27 heavy (non-hydrogen) atoms. The standard InChI is InChI=1S/C23H23NO3/c25-23(20-10-5-15-26-20)21-18(16-17-6-2-1-3-7-17)8-4-9-19(21)22(27-23)11-13-24-14-12-22/h1-10,15,24-25H,11-14,16H2. The van der Waals surface area contributed by atoms with Crippen molar-refractivity contribution < 1.29 is 14.3 Å². The second kappa shape index (κ2) is 6.34. The first-order valence-corrected chi connectivity index (χ1v) is 9.55. The lowest BCUT2D eigenvalue weighted by molar-refractivity contribution is -0.248. The van der Waals surface area contributed by atoms with Crippen LogP contribution in [0.1, 0.15) is 40.9 Å². The highest BCUT2D eigenvalue weighted by atomic mass is 16.7. The van der Waals surface area contributed by atoms with E-state index in [0.717, 1.165) is 49.0 Å². The van der Waals surface area contributed by atoms with Crippen molar-refractivity contribution in [3.05, 3.63) is 94.9 Å². The minimum atomic E-state index is -1.55. The molecule has 2 aliphatic rings. The molecule has 0 radical (unpaired) electrons. The number of nitrogens with one attached hydrogen (secondary N) is 1. The molecule has 138 valence electrons. The molecule has 0 saturated carbocycles. The van der Waals surface area contributed by atoms with Gasteiger partial charge < -0.3 is 19.6 Å². The van der Waals surface area contributed by atoms with E-state index in [1.165, 1.54) is 5.56 Å². The van der Waals surface area contributed by atoms with Gasteiger partial charge >= 0.3 is 0 Å².